The molecule has 6 heteroatoms. The Balaban J connectivity index is 1.30. The summed E-state index contributed by atoms with van der Waals surface area (Å²) in [5.74, 6) is 1.80. The van der Waals surface area contributed by atoms with Crippen molar-refractivity contribution < 1.29 is 19.0 Å². The van der Waals surface area contributed by atoms with Gasteiger partial charge in [0.1, 0.15) is 5.75 Å². The minimum absolute atomic E-state index is 0.0648. The van der Waals surface area contributed by atoms with Crippen LogP contribution in [0.5, 0.6) is 17.2 Å². The number of nitrogens with zero attached hydrogens (tertiary/aromatic N) is 2. The lowest BCUT2D eigenvalue weighted by Gasteiger charge is -2.23. The van der Waals surface area contributed by atoms with E-state index in [0.717, 1.165) is 38.2 Å². The molecule has 1 unspecified atom stereocenters. The van der Waals surface area contributed by atoms with Crippen LogP contribution in [0.25, 0.3) is 0 Å². The summed E-state index contributed by atoms with van der Waals surface area (Å²) in [5, 5.41) is 9.39. The molecule has 1 N–H and O–H groups in total. The standard InChI is InChI=1S/C22H27FN2O3/c1-14(19-7-6-17(26)10-24-19)11-25-12-15-8-18(9-16(15)13-25)28-21-5-3-4-20(27-2)22(21)23/h3-7,10,14-16,18,26H,8-9,11-13H2,1-2H3/t14?,15-,16+,18+. The zero-order valence-electron chi connectivity index (χ0n) is 16.3. The Hall–Kier alpha value is -2.34. The second kappa shape index (κ2) is 7.95. The van der Waals surface area contributed by atoms with Crippen molar-refractivity contribution in [2.45, 2.75) is 31.8 Å². The van der Waals surface area contributed by atoms with Crippen molar-refractivity contribution in [3.8, 4) is 17.2 Å². The summed E-state index contributed by atoms with van der Waals surface area (Å²) in [6.45, 7) is 5.23. The number of methoxy groups -OCH3 is 1. The highest BCUT2D eigenvalue weighted by atomic mass is 19.1. The SMILES string of the molecule is COc1cccc(O[C@H]2C[C@@H]3CN(CC(C)c4ccc(O)cn4)C[C@@H]3C2)c1F. The second-order valence-corrected chi connectivity index (χ2v) is 8.06. The smallest absolute Gasteiger partial charge is 0.206 e. The van der Waals surface area contributed by atoms with E-state index in [-0.39, 0.29) is 23.4 Å². The lowest BCUT2D eigenvalue weighted by molar-refractivity contribution is 0.176. The minimum atomic E-state index is -0.418. The van der Waals surface area contributed by atoms with E-state index in [9.17, 15) is 9.50 Å². The van der Waals surface area contributed by atoms with Gasteiger partial charge in [-0.3, -0.25) is 4.98 Å². The molecule has 0 spiro atoms. The van der Waals surface area contributed by atoms with Crippen molar-refractivity contribution in [1.29, 1.82) is 0 Å². The monoisotopic (exact) mass is 386 g/mol. The van der Waals surface area contributed by atoms with Gasteiger partial charge in [0.05, 0.1) is 19.4 Å². The predicted molar refractivity (Wildman–Crippen MR) is 104 cm³/mol. The van der Waals surface area contributed by atoms with Crippen LogP contribution in [0.4, 0.5) is 4.39 Å². The molecule has 2 aromatic rings. The van der Waals surface area contributed by atoms with E-state index in [0.29, 0.717) is 17.8 Å². The van der Waals surface area contributed by atoms with Crippen LogP contribution < -0.4 is 9.47 Å². The fourth-order valence-electron chi connectivity index (χ4n) is 4.68. The summed E-state index contributed by atoms with van der Waals surface area (Å²) in [6, 6.07) is 8.62. The molecule has 28 heavy (non-hydrogen) atoms. The van der Waals surface area contributed by atoms with Gasteiger partial charge in [0.2, 0.25) is 5.82 Å². The van der Waals surface area contributed by atoms with E-state index in [4.69, 9.17) is 9.47 Å². The topological polar surface area (TPSA) is 54.8 Å². The van der Waals surface area contributed by atoms with Crippen molar-refractivity contribution in [2.75, 3.05) is 26.7 Å². The summed E-state index contributed by atoms with van der Waals surface area (Å²) in [6.07, 6.45) is 3.49. The van der Waals surface area contributed by atoms with Gasteiger partial charge in [-0.15, -0.1) is 0 Å². The van der Waals surface area contributed by atoms with E-state index < -0.39 is 5.82 Å². The number of aromatic nitrogens is 1. The molecule has 0 amide bonds. The first-order valence-corrected chi connectivity index (χ1v) is 9.90. The largest absolute Gasteiger partial charge is 0.506 e. The maximum Gasteiger partial charge on any atom is 0.206 e. The molecule has 0 bridgehead atoms. The van der Waals surface area contributed by atoms with Gasteiger partial charge in [0, 0.05) is 31.2 Å². The van der Waals surface area contributed by atoms with E-state index in [2.05, 4.69) is 16.8 Å². The third kappa shape index (κ3) is 3.92. The number of pyridine rings is 1. The number of fused-ring (bicyclic) bond motifs is 1. The fraction of sp³-hybridized carbons (Fsp3) is 0.500. The molecule has 1 aliphatic heterocycles. The molecule has 2 aliphatic rings. The van der Waals surface area contributed by atoms with E-state index in [1.165, 1.54) is 13.3 Å². The summed E-state index contributed by atoms with van der Waals surface area (Å²) in [5.41, 5.74) is 1.00. The average molecular weight is 386 g/mol. The summed E-state index contributed by atoms with van der Waals surface area (Å²) in [7, 11) is 1.46. The lowest BCUT2D eigenvalue weighted by Crippen LogP contribution is -2.28. The van der Waals surface area contributed by atoms with Crippen LogP contribution in [0.1, 0.15) is 31.4 Å². The highest BCUT2D eigenvalue weighted by Crippen LogP contribution is 2.41. The Morgan fingerprint density at radius 1 is 1.18 bits per heavy atom. The van der Waals surface area contributed by atoms with Gasteiger partial charge < -0.3 is 19.5 Å². The maximum absolute atomic E-state index is 14.3. The third-order valence-corrected chi connectivity index (χ3v) is 6.03. The third-order valence-electron chi connectivity index (χ3n) is 6.03. The van der Waals surface area contributed by atoms with E-state index in [1.54, 1.807) is 24.3 Å². The van der Waals surface area contributed by atoms with Gasteiger partial charge in [0.15, 0.2) is 11.5 Å². The van der Waals surface area contributed by atoms with Gasteiger partial charge in [-0.05, 0) is 48.9 Å². The molecule has 5 nitrogen and oxygen atoms in total. The molecular weight excluding hydrogens is 359 g/mol. The van der Waals surface area contributed by atoms with Crippen LogP contribution >= 0.6 is 0 Å². The Morgan fingerprint density at radius 2 is 1.89 bits per heavy atom. The number of aromatic hydroxyl groups is 1. The molecule has 150 valence electrons. The van der Waals surface area contributed by atoms with Crippen molar-refractivity contribution in [2.24, 2.45) is 11.8 Å². The molecule has 1 aromatic carbocycles. The van der Waals surface area contributed by atoms with Crippen molar-refractivity contribution in [1.82, 2.24) is 9.88 Å². The fourth-order valence-corrected chi connectivity index (χ4v) is 4.68. The predicted octanol–water partition coefficient (Wildman–Crippen LogP) is 3.83. The quantitative estimate of drug-likeness (QED) is 0.818. The molecule has 1 saturated carbocycles. The molecule has 2 fully saturated rings. The van der Waals surface area contributed by atoms with E-state index >= 15 is 0 Å². The molecule has 1 aliphatic carbocycles. The normalized spacial score (nSPS) is 25.5. The Morgan fingerprint density at radius 3 is 2.54 bits per heavy atom. The maximum atomic E-state index is 14.3. The minimum Gasteiger partial charge on any atom is -0.506 e. The second-order valence-electron chi connectivity index (χ2n) is 8.06. The van der Waals surface area contributed by atoms with Crippen LogP contribution in [0.15, 0.2) is 36.5 Å². The van der Waals surface area contributed by atoms with Crippen molar-refractivity contribution in [3.63, 3.8) is 0 Å². The Labute approximate surface area is 165 Å². The first-order valence-electron chi connectivity index (χ1n) is 9.90. The Kier molecular flexibility index (Phi) is 5.40. The number of hydrogen-bond donors (Lipinski definition) is 1. The number of likely N-dealkylation sites (tertiary alicyclic amines) is 1. The molecule has 2 heterocycles. The zero-order chi connectivity index (χ0) is 19.7. The number of hydrogen-bond acceptors (Lipinski definition) is 5. The van der Waals surface area contributed by atoms with Crippen LogP contribution in [0.3, 0.4) is 0 Å². The van der Waals surface area contributed by atoms with Gasteiger partial charge in [0.25, 0.3) is 0 Å². The van der Waals surface area contributed by atoms with Crippen LogP contribution in [0, 0.1) is 17.7 Å². The number of halogens is 1. The van der Waals surface area contributed by atoms with Crippen LogP contribution in [0.2, 0.25) is 0 Å². The van der Waals surface area contributed by atoms with Gasteiger partial charge in [-0.2, -0.15) is 4.39 Å². The van der Waals surface area contributed by atoms with Gasteiger partial charge in [-0.1, -0.05) is 13.0 Å². The highest BCUT2D eigenvalue weighted by Gasteiger charge is 2.42. The molecule has 4 rings (SSSR count). The molecule has 0 radical (unpaired) electrons. The first kappa shape index (κ1) is 19.0. The lowest BCUT2D eigenvalue weighted by atomic mass is 10.0. The Bertz CT molecular complexity index is 800. The van der Waals surface area contributed by atoms with Gasteiger partial charge in [-0.25, -0.2) is 0 Å². The summed E-state index contributed by atoms with van der Waals surface area (Å²) in [4.78, 5) is 6.83. The molecule has 1 saturated heterocycles. The average Bonchev–Trinajstić information content (AvgIpc) is 3.21. The van der Waals surface area contributed by atoms with Crippen LogP contribution in [-0.4, -0.2) is 47.8 Å². The van der Waals surface area contributed by atoms with Crippen molar-refractivity contribution in [3.05, 3.63) is 48.0 Å². The molecule has 1 aromatic heterocycles. The number of rotatable bonds is 6. The molecular formula is C22H27FN2O3. The van der Waals surface area contributed by atoms with Gasteiger partial charge >= 0.3 is 0 Å². The number of benzene rings is 1. The first-order chi connectivity index (χ1) is 13.5. The molecule has 4 atom stereocenters. The summed E-state index contributed by atoms with van der Waals surface area (Å²) < 4.78 is 25.3. The highest BCUT2D eigenvalue weighted by molar-refractivity contribution is 5.35. The van der Waals surface area contributed by atoms with Crippen molar-refractivity contribution >= 4 is 0 Å². The zero-order valence-corrected chi connectivity index (χ0v) is 16.3. The van der Waals surface area contributed by atoms with Crippen LogP contribution in [-0.2, 0) is 0 Å². The number of ether oxygens (including phenoxy) is 2. The summed E-state index contributed by atoms with van der Waals surface area (Å²) >= 11 is 0. The van der Waals surface area contributed by atoms with E-state index in [1.807, 2.05) is 6.07 Å².